The second kappa shape index (κ2) is 8.15. The van der Waals surface area contributed by atoms with Crippen LogP contribution in [-0.2, 0) is 16.1 Å². The van der Waals surface area contributed by atoms with Crippen molar-refractivity contribution in [2.24, 2.45) is 23.7 Å². The van der Waals surface area contributed by atoms with Crippen molar-refractivity contribution in [3.63, 3.8) is 0 Å². The number of methoxy groups -OCH3 is 1. The van der Waals surface area contributed by atoms with Crippen molar-refractivity contribution in [2.75, 3.05) is 17.3 Å². The van der Waals surface area contributed by atoms with Gasteiger partial charge in [-0.3, -0.25) is 14.5 Å². The molecule has 2 bridgehead atoms. The van der Waals surface area contributed by atoms with Gasteiger partial charge in [0.1, 0.15) is 5.75 Å². The van der Waals surface area contributed by atoms with E-state index in [1.807, 2.05) is 24.3 Å². The lowest BCUT2D eigenvalue weighted by Crippen LogP contribution is -2.38. The Labute approximate surface area is 186 Å². The summed E-state index contributed by atoms with van der Waals surface area (Å²) in [6.07, 6.45) is 6.21. The molecule has 7 heteroatoms. The molecule has 4 atom stereocenters. The summed E-state index contributed by atoms with van der Waals surface area (Å²) in [4.78, 5) is 39.7. The van der Waals surface area contributed by atoms with Crippen LogP contribution in [0.25, 0.3) is 0 Å². The van der Waals surface area contributed by atoms with Crippen molar-refractivity contribution in [2.45, 2.75) is 19.4 Å². The van der Waals surface area contributed by atoms with Crippen LogP contribution in [0.5, 0.6) is 5.75 Å². The van der Waals surface area contributed by atoms with E-state index < -0.39 is 0 Å². The summed E-state index contributed by atoms with van der Waals surface area (Å²) in [5.41, 5.74) is 2.04. The first-order valence-corrected chi connectivity index (χ1v) is 10.9. The number of carbonyl (C=O) groups excluding carboxylic acids is 3. The third kappa shape index (κ3) is 3.43. The maximum absolute atomic E-state index is 13.1. The van der Waals surface area contributed by atoms with E-state index in [1.165, 1.54) is 4.90 Å². The van der Waals surface area contributed by atoms with Gasteiger partial charge in [-0.1, -0.05) is 36.4 Å². The molecule has 164 valence electrons. The Kier molecular flexibility index (Phi) is 5.17. The molecule has 2 aromatic rings. The largest absolute Gasteiger partial charge is 0.495 e. The number of nitrogens with zero attached hydrogens (tertiary/aromatic N) is 1. The number of para-hydroxylation sites is 2. The van der Waals surface area contributed by atoms with Gasteiger partial charge in [-0.25, -0.2) is 4.79 Å². The van der Waals surface area contributed by atoms with E-state index in [1.54, 1.807) is 31.4 Å². The van der Waals surface area contributed by atoms with Crippen molar-refractivity contribution < 1.29 is 19.1 Å². The van der Waals surface area contributed by atoms with Crippen LogP contribution in [0.4, 0.5) is 16.2 Å². The normalized spacial score (nSPS) is 25.6. The molecular weight excluding hydrogens is 406 g/mol. The van der Waals surface area contributed by atoms with Gasteiger partial charge in [-0.2, -0.15) is 0 Å². The van der Waals surface area contributed by atoms with Gasteiger partial charge in [-0.05, 0) is 54.5 Å². The van der Waals surface area contributed by atoms with Crippen molar-refractivity contribution >= 4 is 29.2 Å². The zero-order valence-corrected chi connectivity index (χ0v) is 17.8. The SMILES string of the molecule is COc1ccccc1NC(=O)NCc1ccc(N2C(=O)C3C4C=CC(CC4)C3C2=O)cc1. The molecule has 2 N–H and O–H groups in total. The van der Waals surface area contributed by atoms with Gasteiger partial charge >= 0.3 is 6.03 Å². The molecule has 1 saturated carbocycles. The van der Waals surface area contributed by atoms with Gasteiger partial charge in [0.05, 0.1) is 30.3 Å². The van der Waals surface area contributed by atoms with Gasteiger partial charge in [0.2, 0.25) is 11.8 Å². The van der Waals surface area contributed by atoms with Gasteiger partial charge in [0.15, 0.2) is 0 Å². The van der Waals surface area contributed by atoms with Crippen LogP contribution in [-0.4, -0.2) is 25.0 Å². The zero-order valence-electron chi connectivity index (χ0n) is 17.8. The number of benzene rings is 2. The summed E-state index contributed by atoms with van der Waals surface area (Å²) in [6.45, 7) is 0.308. The number of allylic oxidation sites excluding steroid dienone is 2. The third-order valence-electron chi connectivity index (χ3n) is 6.76. The summed E-state index contributed by atoms with van der Waals surface area (Å²) >= 11 is 0. The van der Waals surface area contributed by atoms with Crippen LogP contribution in [0, 0.1) is 23.7 Å². The predicted molar refractivity (Wildman–Crippen MR) is 120 cm³/mol. The highest BCUT2D eigenvalue weighted by molar-refractivity contribution is 6.22. The van der Waals surface area contributed by atoms with E-state index in [0.717, 1.165) is 18.4 Å². The molecule has 0 spiro atoms. The Morgan fingerprint density at radius 2 is 1.59 bits per heavy atom. The quantitative estimate of drug-likeness (QED) is 0.558. The monoisotopic (exact) mass is 431 g/mol. The van der Waals surface area contributed by atoms with Crippen LogP contribution in [0.15, 0.2) is 60.7 Å². The molecule has 4 aliphatic rings. The molecule has 32 heavy (non-hydrogen) atoms. The van der Waals surface area contributed by atoms with Gasteiger partial charge in [0, 0.05) is 6.54 Å². The molecule has 0 aromatic heterocycles. The van der Waals surface area contributed by atoms with Crippen LogP contribution in [0.2, 0.25) is 0 Å². The molecule has 1 aliphatic heterocycles. The molecule has 2 aromatic carbocycles. The minimum atomic E-state index is -0.351. The first kappa shape index (κ1) is 20.3. The minimum absolute atomic E-state index is 0.0823. The van der Waals surface area contributed by atoms with E-state index in [2.05, 4.69) is 22.8 Å². The standard InChI is InChI=1S/C25H25N3O4/c1-32-20-5-3-2-4-19(20)27-25(31)26-14-15-6-12-18(13-7-15)28-23(29)21-16-8-9-17(11-10-16)22(21)24(28)30/h2-9,12-13,16-17,21-22H,10-11,14H2,1H3,(H2,26,27,31). The fraction of sp³-hybridized carbons (Fsp3) is 0.320. The summed E-state index contributed by atoms with van der Waals surface area (Å²) in [6, 6.07) is 14.0. The fourth-order valence-electron chi connectivity index (χ4n) is 5.19. The number of amides is 4. The molecule has 1 heterocycles. The predicted octanol–water partition coefficient (Wildman–Crippen LogP) is 3.72. The van der Waals surface area contributed by atoms with Crippen LogP contribution >= 0.6 is 0 Å². The number of anilines is 2. The fourth-order valence-corrected chi connectivity index (χ4v) is 5.19. The number of rotatable bonds is 5. The average Bonchev–Trinajstić information content (AvgIpc) is 3.11. The molecule has 2 fully saturated rings. The summed E-state index contributed by atoms with van der Waals surface area (Å²) in [5, 5.41) is 5.57. The Morgan fingerprint density at radius 3 is 2.19 bits per heavy atom. The zero-order chi connectivity index (χ0) is 22.2. The van der Waals surface area contributed by atoms with Gasteiger partial charge < -0.3 is 15.4 Å². The molecule has 4 unspecified atom stereocenters. The highest BCUT2D eigenvalue weighted by atomic mass is 16.5. The van der Waals surface area contributed by atoms with Crippen LogP contribution in [0.1, 0.15) is 18.4 Å². The summed E-state index contributed by atoms with van der Waals surface area (Å²) in [5.74, 6) is 0.337. The lowest BCUT2D eigenvalue weighted by Gasteiger charge is -2.38. The second-order valence-electron chi connectivity index (χ2n) is 8.53. The van der Waals surface area contributed by atoms with Crippen molar-refractivity contribution in [1.29, 1.82) is 0 Å². The van der Waals surface area contributed by atoms with Crippen molar-refractivity contribution in [3.8, 4) is 5.75 Å². The highest BCUT2D eigenvalue weighted by Gasteiger charge is 2.56. The Bertz CT molecular complexity index is 1060. The first-order chi connectivity index (χ1) is 15.6. The first-order valence-electron chi connectivity index (χ1n) is 10.9. The van der Waals surface area contributed by atoms with E-state index in [-0.39, 0.29) is 41.5 Å². The van der Waals surface area contributed by atoms with Gasteiger partial charge in [0.25, 0.3) is 0 Å². The van der Waals surface area contributed by atoms with E-state index in [0.29, 0.717) is 23.7 Å². The van der Waals surface area contributed by atoms with E-state index in [9.17, 15) is 14.4 Å². The Morgan fingerprint density at radius 1 is 0.969 bits per heavy atom. The van der Waals surface area contributed by atoms with Gasteiger partial charge in [-0.15, -0.1) is 0 Å². The lowest BCUT2D eigenvalue weighted by atomic mass is 9.63. The average molecular weight is 431 g/mol. The second-order valence-corrected chi connectivity index (χ2v) is 8.53. The molecule has 7 nitrogen and oxygen atoms in total. The third-order valence-corrected chi connectivity index (χ3v) is 6.76. The van der Waals surface area contributed by atoms with Crippen molar-refractivity contribution in [3.05, 3.63) is 66.2 Å². The number of hydrogen-bond acceptors (Lipinski definition) is 4. The smallest absolute Gasteiger partial charge is 0.319 e. The number of imide groups is 1. The minimum Gasteiger partial charge on any atom is -0.495 e. The van der Waals surface area contributed by atoms with E-state index in [4.69, 9.17) is 4.74 Å². The topological polar surface area (TPSA) is 87.7 Å². The number of urea groups is 1. The summed E-state index contributed by atoms with van der Waals surface area (Å²) in [7, 11) is 1.55. The lowest BCUT2D eigenvalue weighted by molar-refractivity contribution is -0.124. The molecule has 0 radical (unpaired) electrons. The number of hydrogen-bond donors (Lipinski definition) is 2. The van der Waals surface area contributed by atoms with Crippen LogP contribution < -0.4 is 20.3 Å². The number of fused-ring (bicyclic) bond motifs is 1. The highest BCUT2D eigenvalue weighted by Crippen LogP contribution is 2.50. The molecular formula is C25H25N3O4. The Balaban J connectivity index is 1.23. The molecule has 1 saturated heterocycles. The number of nitrogens with one attached hydrogen (secondary N) is 2. The number of carbonyl (C=O) groups is 3. The number of ether oxygens (including phenoxy) is 1. The Hall–Kier alpha value is -3.61. The van der Waals surface area contributed by atoms with Crippen molar-refractivity contribution in [1.82, 2.24) is 5.32 Å². The molecule has 6 rings (SSSR count). The molecule has 3 aliphatic carbocycles. The maximum atomic E-state index is 13.1. The van der Waals surface area contributed by atoms with Crippen LogP contribution in [0.3, 0.4) is 0 Å². The summed E-state index contributed by atoms with van der Waals surface area (Å²) < 4.78 is 5.23. The maximum Gasteiger partial charge on any atom is 0.319 e. The van der Waals surface area contributed by atoms with E-state index >= 15 is 0 Å². The molecule has 4 amide bonds.